The maximum absolute atomic E-state index is 12.3. The molecule has 0 aliphatic carbocycles. The molecule has 3 rings (SSSR count). The highest BCUT2D eigenvalue weighted by Gasteiger charge is 2.15. The van der Waals surface area contributed by atoms with Crippen molar-refractivity contribution >= 4 is 39.0 Å². The lowest BCUT2D eigenvalue weighted by atomic mass is 10.2. The van der Waals surface area contributed by atoms with Gasteiger partial charge in [-0.2, -0.15) is 0 Å². The summed E-state index contributed by atoms with van der Waals surface area (Å²) in [5.74, 6) is -0.519. The summed E-state index contributed by atoms with van der Waals surface area (Å²) in [5, 5.41) is 13.6. The minimum atomic E-state index is -0.585. The van der Waals surface area contributed by atoms with Gasteiger partial charge in [0.05, 0.1) is 17.0 Å². The Balaban J connectivity index is 1.80. The number of carbonyl (C=O) groups excluding carboxylic acids is 1. The normalized spacial score (nSPS) is 10.5. The van der Waals surface area contributed by atoms with Crippen molar-refractivity contribution in [3.8, 4) is 0 Å². The molecule has 1 amide bonds. The highest BCUT2D eigenvalue weighted by molar-refractivity contribution is 7.18. The molecular formula is C16H11ClN4O4S. The second kappa shape index (κ2) is 7.46. The second-order valence-corrected chi connectivity index (χ2v) is 6.67. The molecule has 0 aliphatic heterocycles. The minimum absolute atomic E-state index is 0.106. The maximum atomic E-state index is 12.3. The molecule has 132 valence electrons. The number of aromatic nitrogens is 2. The van der Waals surface area contributed by atoms with Crippen LogP contribution in [0.1, 0.15) is 15.9 Å². The fourth-order valence-corrected chi connectivity index (χ4v) is 3.04. The van der Waals surface area contributed by atoms with Gasteiger partial charge in [-0.05, 0) is 35.1 Å². The van der Waals surface area contributed by atoms with Gasteiger partial charge in [-0.1, -0.05) is 23.7 Å². The molecule has 0 aliphatic rings. The summed E-state index contributed by atoms with van der Waals surface area (Å²) < 4.78 is 1.38. The lowest BCUT2D eigenvalue weighted by Gasteiger charge is -2.08. The summed E-state index contributed by atoms with van der Waals surface area (Å²) >= 11 is 6.69. The van der Waals surface area contributed by atoms with Crippen molar-refractivity contribution in [2.24, 2.45) is 0 Å². The molecule has 0 unspecified atom stereocenters. The zero-order chi connectivity index (χ0) is 18.7. The number of anilines is 1. The zero-order valence-electron chi connectivity index (χ0n) is 13.1. The molecule has 2 heterocycles. The number of rotatable bonds is 5. The predicted molar refractivity (Wildman–Crippen MR) is 98.0 cm³/mol. The van der Waals surface area contributed by atoms with Crippen LogP contribution in [0.3, 0.4) is 0 Å². The van der Waals surface area contributed by atoms with Gasteiger partial charge in [0.25, 0.3) is 11.5 Å². The molecule has 2 aromatic heterocycles. The predicted octanol–water partition coefficient (Wildman–Crippen LogP) is 3.17. The van der Waals surface area contributed by atoms with Crippen LogP contribution in [0.5, 0.6) is 0 Å². The molecule has 26 heavy (non-hydrogen) atoms. The third-order valence-electron chi connectivity index (χ3n) is 3.38. The van der Waals surface area contributed by atoms with Crippen LogP contribution in [0.4, 0.5) is 10.1 Å². The van der Waals surface area contributed by atoms with E-state index in [1.165, 1.54) is 22.9 Å². The van der Waals surface area contributed by atoms with Crippen molar-refractivity contribution in [3.05, 3.63) is 85.4 Å². The highest BCUT2D eigenvalue weighted by Crippen LogP contribution is 2.25. The smallest absolute Gasteiger partial charge is 0.310 e. The number of halogens is 1. The van der Waals surface area contributed by atoms with Crippen molar-refractivity contribution in [2.45, 2.75) is 6.54 Å². The van der Waals surface area contributed by atoms with Gasteiger partial charge in [-0.3, -0.25) is 25.0 Å². The van der Waals surface area contributed by atoms with E-state index in [1.807, 2.05) is 6.07 Å². The van der Waals surface area contributed by atoms with Crippen molar-refractivity contribution in [3.63, 3.8) is 0 Å². The largest absolute Gasteiger partial charge is 0.345 e. The Morgan fingerprint density at radius 3 is 2.85 bits per heavy atom. The van der Waals surface area contributed by atoms with E-state index >= 15 is 0 Å². The summed E-state index contributed by atoms with van der Waals surface area (Å²) in [6.07, 6.45) is 2.49. The fraction of sp³-hybridized carbons (Fsp3) is 0.0625. The monoisotopic (exact) mass is 390 g/mol. The van der Waals surface area contributed by atoms with Crippen molar-refractivity contribution < 1.29 is 9.72 Å². The zero-order valence-corrected chi connectivity index (χ0v) is 14.7. The topological polar surface area (TPSA) is 107 Å². The minimum Gasteiger partial charge on any atom is -0.310 e. The summed E-state index contributed by atoms with van der Waals surface area (Å²) in [4.78, 5) is 38.2. The molecule has 0 spiro atoms. The molecule has 0 bridgehead atoms. The Morgan fingerprint density at radius 2 is 2.15 bits per heavy atom. The standard InChI is InChI=1S/C16H11ClN4O4S/c17-12-3-1-2-10(6-12)8-20-9-11(4-5-13(20)22)15(23)19-16-18-7-14(26-16)21(24)25/h1-7,9H,8H2,(H,18,19,23). The second-order valence-electron chi connectivity index (χ2n) is 5.23. The van der Waals surface area contributed by atoms with Crippen LogP contribution in [0.2, 0.25) is 5.02 Å². The number of amides is 1. The van der Waals surface area contributed by atoms with Crippen LogP contribution in [0.25, 0.3) is 0 Å². The molecule has 0 atom stereocenters. The summed E-state index contributed by atoms with van der Waals surface area (Å²) in [7, 11) is 0. The van der Waals surface area contributed by atoms with Crippen LogP contribution >= 0.6 is 22.9 Å². The van der Waals surface area contributed by atoms with E-state index in [4.69, 9.17) is 11.6 Å². The van der Waals surface area contributed by atoms with Crippen LogP contribution in [0, 0.1) is 10.1 Å². The van der Waals surface area contributed by atoms with Gasteiger partial charge in [0.15, 0.2) is 5.13 Å². The van der Waals surface area contributed by atoms with Gasteiger partial charge in [0, 0.05) is 17.3 Å². The Kier molecular flexibility index (Phi) is 5.10. The number of hydrogen-bond donors (Lipinski definition) is 1. The van der Waals surface area contributed by atoms with E-state index in [0.717, 1.165) is 23.1 Å². The number of hydrogen-bond acceptors (Lipinski definition) is 6. The fourth-order valence-electron chi connectivity index (χ4n) is 2.20. The van der Waals surface area contributed by atoms with E-state index < -0.39 is 10.8 Å². The van der Waals surface area contributed by atoms with Gasteiger partial charge in [0.2, 0.25) is 0 Å². The van der Waals surface area contributed by atoms with Crippen LogP contribution in [-0.4, -0.2) is 20.4 Å². The van der Waals surface area contributed by atoms with E-state index in [1.54, 1.807) is 18.2 Å². The summed E-state index contributed by atoms with van der Waals surface area (Å²) in [6, 6.07) is 9.71. The SMILES string of the molecule is O=C(Nc1ncc([N+](=O)[O-])s1)c1ccc(=O)n(Cc2cccc(Cl)c2)c1. The first-order valence-electron chi connectivity index (χ1n) is 7.29. The number of nitrogens with one attached hydrogen (secondary N) is 1. The lowest BCUT2D eigenvalue weighted by molar-refractivity contribution is -0.380. The molecule has 0 radical (unpaired) electrons. The third-order valence-corrected chi connectivity index (χ3v) is 4.48. The van der Waals surface area contributed by atoms with Gasteiger partial charge >= 0.3 is 5.00 Å². The number of carbonyl (C=O) groups is 1. The summed E-state index contributed by atoms with van der Waals surface area (Å²) in [6.45, 7) is 0.253. The van der Waals surface area contributed by atoms with Crippen LogP contribution in [-0.2, 0) is 6.54 Å². The van der Waals surface area contributed by atoms with Gasteiger partial charge in [0.1, 0.15) is 6.20 Å². The van der Waals surface area contributed by atoms with Crippen molar-refractivity contribution in [1.82, 2.24) is 9.55 Å². The average Bonchev–Trinajstić information content (AvgIpc) is 3.05. The molecule has 10 heteroatoms. The summed E-state index contributed by atoms with van der Waals surface area (Å²) in [5.41, 5.74) is 0.767. The van der Waals surface area contributed by atoms with Crippen LogP contribution in [0.15, 0.2) is 53.6 Å². The molecule has 0 fully saturated rings. The molecule has 8 nitrogen and oxygen atoms in total. The Labute approximate surface area is 155 Å². The van der Waals surface area contributed by atoms with Gasteiger partial charge in [-0.15, -0.1) is 0 Å². The highest BCUT2D eigenvalue weighted by atomic mass is 35.5. The average molecular weight is 391 g/mol. The Morgan fingerprint density at radius 1 is 1.35 bits per heavy atom. The lowest BCUT2D eigenvalue weighted by Crippen LogP contribution is -2.22. The van der Waals surface area contributed by atoms with E-state index in [0.29, 0.717) is 5.02 Å². The van der Waals surface area contributed by atoms with E-state index in [-0.39, 0.29) is 27.8 Å². The molecule has 0 saturated heterocycles. The maximum Gasteiger partial charge on any atom is 0.345 e. The number of pyridine rings is 1. The number of thiazole rings is 1. The molecular weight excluding hydrogens is 380 g/mol. The Hall–Kier alpha value is -3.04. The molecule has 1 aromatic carbocycles. The third kappa shape index (κ3) is 4.13. The first kappa shape index (κ1) is 17.8. The van der Waals surface area contributed by atoms with Crippen LogP contribution < -0.4 is 10.9 Å². The van der Waals surface area contributed by atoms with Crippen molar-refractivity contribution in [1.29, 1.82) is 0 Å². The van der Waals surface area contributed by atoms with E-state index in [2.05, 4.69) is 10.3 Å². The first-order chi connectivity index (χ1) is 12.4. The first-order valence-corrected chi connectivity index (χ1v) is 8.48. The van der Waals surface area contributed by atoms with E-state index in [9.17, 15) is 19.7 Å². The van der Waals surface area contributed by atoms with Gasteiger partial charge in [-0.25, -0.2) is 4.98 Å². The molecule has 1 N–H and O–H groups in total. The number of benzene rings is 1. The number of nitrogens with zero attached hydrogens (tertiary/aromatic N) is 3. The molecule has 3 aromatic rings. The Bertz CT molecular complexity index is 1050. The number of nitro groups is 1. The molecule has 0 saturated carbocycles. The quantitative estimate of drug-likeness (QED) is 0.531. The van der Waals surface area contributed by atoms with Gasteiger partial charge < -0.3 is 4.57 Å². The van der Waals surface area contributed by atoms with Crippen molar-refractivity contribution in [2.75, 3.05) is 5.32 Å².